The van der Waals surface area contributed by atoms with E-state index in [4.69, 9.17) is 5.73 Å². The Kier molecular flexibility index (Phi) is 3.25. The number of nitrogens with one attached hydrogen (secondary N) is 1. The van der Waals surface area contributed by atoms with Gasteiger partial charge < -0.3 is 10.7 Å². The van der Waals surface area contributed by atoms with Crippen LogP contribution in [0.5, 0.6) is 0 Å². The first kappa shape index (κ1) is 9.51. The maximum atomic E-state index is 5.47. The van der Waals surface area contributed by atoms with E-state index in [1.165, 1.54) is 0 Å². The van der Waals surface area contributed by atoms with Crippen LogP contribution in [0.25, 0.3) is 5.57 Å². The predicted octanol–water partition coefficient (Wildman–Crippen LogP) is 1.83. The van der Waals surface area contributed by atoms with Crippen molar-refractivity contribution >= 4 is 17.7 Å². The van der Waals surface area contributed by atoms with Crippen LogP contribution >= 0.6 is 0 Å². The van der Waals surface area contributed by atoms with Crippen LogP contribution in [0.15, 0.2) is 17.4 Å². The molecule has 0 saturated heterocycles. The third-order valence-electron chi connectivity index (χ3n) is 1.69. The number of nitrogens with zero attached hydrogens (tertiary/aromatic N) is 2. The van der Waals surface area contributed by atoms with Crippen molar-refractivity contribution in [2.24, 2.45) is 4.99 Å². The molecule has 0 aliphatic heterocycles. The summed E-state index contributed by atoms with van der Waals surface area (Å²) in [6.45, 7) is 3.94. The smallest absolute Gasteiger partial charge is 0.198 e. The molecule has 4 heteroatoms. The molecular weight excluding hydrogens is 164 g/mol. The lowest BCUT2D eigenvalue weighted by Crippen LogP contribution is -1.87. The van der Waals surface area contributed by atoms with E-state index in [1.54, 1.807) is 18.6 Å². The van der Waals surface area contributed by atoms with E-state index in [2.05, 4.69) is 21.9 Å². The minimum atomic E-state index is 0.440. The molecule has 70 valence electrons. The standard InChI is InChI=1S/C9H14N4/c1-3-7(5-11-4-2)8-6-12-9(10)13-8/h4-6H,3H2,1-2H3,(H3,10,12,13)/b7-5+,11-4-. The molecule has 0 atom stereocenters. The fourth-order valence-corrected chi connectivity index (χ4v) is 1.00. The van der Waals surface area contributed by atoms with Crippen molar-refractivity contribution in [2.45, 2.75) is 20.3 Å². The van der Waals surface area contributed by atoms with Crippen LogP contribution in [0.3, 0.4) is 0 Å². The van der Waals surface area contributed by atoms with Gasteiger partial charge in [-0.05, 0) is 18.9 Å². The SMILES string of the molecule is C/C=N\C=C(/CC)c1c[nH]c(N)n1. The van der Waals surface area contributed by atoms with Crippen LogP contribution in [-0.2, 0) is 0 Å². The summed E-state index contributed by atoms with van der Waals surface area (Å²) >= 11 is 0. The fourth-order valence-electron chi connectivity index (χ4n) is 1.00. The zero-order chi connectivity index (χ0) is 9.68. The first-order valence-electron chi connectivity index (χ1n) is 4.26. The second-order valence-electron chi connectivity index (χ2n) is 2.59. The first-order chi connectivity index (χ1) is 6.27. The monoisotopic (exact) mass is 178 g/mol. The van der Waals surface area contributed by atoms with E-state index in [9.17, 15) is 0 Å². The predicted molar refractivity (Wildman–Crippen MR) is 55.4 cm³/mol. The number of hydrogen-bond donors (Lipinski definition) is 2. The van der Waals surface area contributed by atoms with Gasteiger partial charge in [0.05, 0.1) is 5.69 Å². The van der Waals surface area contributed by atoms with E-state index < -0.39 is 0 Å². The molecule has 1 aromatic heterocycles. The molecule has 0 amide bonds. The number of allylic oxidation sites excluding steroid dienone is 1. The van der Waals surface area contributed by atoms with Crippen molar-refractivity contribution in [1.82, 2.24) is 9.97 Å². The Morgan fingerprint density at radius 3 is 3.00 bits per heavy atom. The average Bonchev–Trinajstić information content (AvgIpc) is 2.54. The lowest BCUT2D eigenvalue weighted by Gasteiger charge is -1.96. The molecule has 1 heterocycles. The zero-order valence-electron chi connectivity index (χ0n) is 7.91. The van der Waals surface area contributed by atoms with Gasteiger partial charge in [-0.25, -0.2) is 4.98 Å². The van der Waals surface area contributed by atoms with Crippen LogP contribution in [0.4, 0.5) is 5.95 Å². The van der Waals surface area contributed by atoms with Crippen LogP contribution in [0, 0.1) is 0 Å². The Morgan fingerprint density at radius 2 is 2.54 bits per heavy atom. The van der Waals surface area contributed by atoms with Gasteiger partial charge in [-0.15, -0.1) is 0 Å². The normalized spacial score (nSPS) is 12.6. The van der Waals surface area contributed by atoms with E-state index in [1.807, 2.05) is 6.92 Å². The highest BCUT2D eigenvalue weighted by Gasteiger charge is 2.02. The summed E-state index contributed by atoms with van der Waals surface area (Å²) in [6.07, 6.45) is 6.22. The minimum absolute atomic E-state index is 0.440. The molecule has 3 N–H and O–H groups in total. The van der Waals surface area contributed by atoms with Crippen molar-refractivity contribution in [3.63, 3.8) is 0 Å². The second-order valence-corrected chi connectivity index (χ2v) is 2.59. The molecule has 0 radical (unpaired) electrons. The summed E-state index contributed by atoms with van der Waals surface area (Å²) in [5.74, 6) is 0.440. The number of aliphatic imine (C=N–C) groups is 1. The van der Waals surface area contributed by atoms with Gasteiger partial charge in [0.25, 0.3) is 0 Å². The Hall–Kier alpha value is -1.58. The van der Waals surface area contributed by atoms with Crippen LogP contribution in [-0.4, -0.2) is 16.2 Å². The zero-order valence-corrected chi connectivity index (χ0v) is 7.91. The van der Waals surface area contributed by atoms with Crippen LogP contribution < -0.4 is 5.73 Å². The van der Waals surface area contributed by atoms with Crippen molar-refractivity contribution < 1.29 is 0 Å². The third-order valence-corrected chi connectivity index (χ3v) is 1.69. The molecule has 13 heavy (non-hydrogen) atoms. The molecule has 4 nitrogen and oxygen atoms in total. The number of anilines is 1. The maximum Gasteiger partial charge on any atom is 0.198 e. The van der Waals surface area contributed by atoms with E-state index >= 15 is 0 Å². The number of nitrogen functional groups attached to an aromatic ring is 1. The molecular formula is C9H14N4. The highest BCUT2D eigenvalue weighted by molar-refractivity contribution is 5.65. The number of nitrogens with two attached hydrogens (primary N) is 1. The largest absolute Gasteiger partial charge is 0.369 e. The number of aromatic amines is 1. The second kappa shape index (κ2) is 4.45. The molecule has 0 aliphatic rings. The maximum absolute atomic E-state index is 5.47. The summed E-state index contributed by atoms with van der Waals surface area (Å²) in [5, 5.41) is 0. The summed E-state index contributed by atoms with van der Waals surface area (Å²) < 4.78 is 0. The van der Waals surface area contributed by atoms with Gasteiger partial charge >= 0.3 is 0 Å². The van der Waals surface area contributed by atoms with Gasteiger partial charge in [0, 0.05) is 18.6 Å². The summed E-state index contributed by atoms with van der Waals surface area (Å²) in [5.41, 5.74) is 7.41. The van der Waals surface area contributed by atoms with Crippen LogP contribution in [0.2, 0.25) is 0 Å². The quantitative estimate of drug-likeness (QED) is 0.693. The van der Waals surface area contributed by atoms with Gasteiger partial charge in [-0.3, -0.25) is 4.99 Å². The number of H-pyrrole nitrogens is 1. The average molecular weight is 178 g/mol. The molecule has 0 spiro atoms. The fraction of sp³-hybridized carbons (Fsp3) is 0.333. The molecule has 0 saturated carbocycles. The Balaban J connectivity index is 2.90. The highest BCUT2D eigenvalue weighted by atomic mass is 15.0. The van der Waals surface area contributed by atoms with Gasteiger partial charge in [0.15, 0.2) is 5.95 Å². The van der Waals surface area contributed by atoms with Crippen molar-refractivity contribution in [2.75, 3.05) is 5.73 Å². The summed E-state index contributed by atoms with van der Waals surface area (Å²) in [4.78, 5) is 11.0. The lowest BCUT2D eigenvalue weighted by atomic mass is 10.2. The highest BCUT2D eigenvalue weighted by Crippen LogP contribution is 2.15. The van der Waals surface area contributed by atoms with Crippen molar-refractivity contribution in [3.8, 4) is 0 Å². The van der Waals surface area contributed by atoms with Gasteiger partial charge in [0.1, 0.15) is 0 Å². The van der Waals surface area contributed by atoms with E-state index in [-0.39, 0.29) is 0 Å². The first-order valence-corrected chi connectivity index (χ1v) is 4.26. The lowest BCUT2D eigenvalue weighted by molar-refractivity contribution is 1.19. The van der Waals surface area contributed by atoms with Crippen molar-refractivity contribution in [3.05, 3.63) is 18.1 Å². The Morgan fingerprint density at radius 1 is 1.77 bits per heavy atom. The summed E-state index contributed by atoms with van der Waals surface area (Å²) in [7, 11) is 0. The van der Waals surface area contributed by atoms with Gasteiger partial charge in [-0.2, -0.15) is 0 Å². The van der Waals surface area contributed by atoms with Gasteiger partial charge in [-0.1, -0.05) is 6.92 Å². The molecule has 0 aromatic carbocycles. The van der Waals surface area contributed by atoms with Crippen LogP contribution in [0.1, 0.15) is 26.0 Å². The minimum Gasteiger partial charge on any atom is -0.369 e. The van der Waals surface area contributed by atoms with Gasteiger partial charge in [0.2, 0.25) is 0 Å². The molecule has 1 rings (SSSR count). The van der Waals surface area contributed by atoms with E-state index in [0.29, 0.717) is 5.95 Å². The topological polar surface area (TPSA) is 67.1 Å². The number of hydrogen-bond acceptors (Lipinski definition) is 3. The summed E-state index contributed by atoms with van der Waals surface area (Å²) in [6, 6.07) is 0. The number of imidazole rings is 1. The molecule has 0 unspecified atom stereocenters. The number of rotatable bonds is 3. The number of aromatic nitrogens is 2. The molecule has 0 bridgehead atoms. The third kappa shape index (κ3) is 2.43. The Bertz CT molecular complexity index is 322. The molecule has 1 aromatic rings. The molecule has 0 aliphatic carbocycles. The Labute approximate surface area is 77.6 Å². The van der Waals surface area contributed by atoms with Crippen molar-refractivity contribution in [1.29, 1.82) is 0 Å². The van der Waals surface area contributed by atoms with E-state index in [0.717, 1.165) is 17.7 Å². The molecule has 0 fully saturated rings.